The Labute approximate surface area is 131 Å². The third kappa shape index (κ3) is 3.99. The first-order valence-electron chi connectivity index (χ1n) is 5.99. The van der Waals surface area contributed by atoms with Gasteiger partial charge in [0, 0.05) is 10.2 Å². The standard InChI is InChI=1S/C15H13BrClNO2/c1-10-7-12(16)13(17)8-14(10)18-15(19)20-9-11-5-3-2-4-6-11/h2-8H,9H2,1H3,(H,18,19). The first kappa shape index (κ1) is 14.9. The highest BCUT2D eigenvalue weighted by molar-refractivity contribution is 9.10. The molecule has 1 amide bonds. The van der Waals surface area contributed by atoms with Crippen LogP contribution in [0.2, 0.25) is 5.02 Å². The Morgan fingerprint density at radius 1 is 1.30 bits per heavy atom. The topological polar surface area (TPSA) is 38.3 Å². The summed E-state index contributed by atoms with van der Waals surface area (Å²) in [6, 6.07) is 13.0. The van der Waals surface area contributed by atoms with Crippen molar-refractivity contribution < 1.29 is 9.53 Å². The van der Waals surface area contributed by atoms with Crippen LogP contribution in [0.5, 0.6) is 0 Å². The van der Waals surface area contributed by atoms with E-state index in [2.05, 4.69) is 21.2 Å². The minimum absolute atomic E-state index is 0.232. The van der Waals surface area contributed by atoms with Crippen LogP contribution in [0, 0.1) is 6.92 Å². The second-order valence-corrected chi connectivity index (χ2v) is 5.53. The molecule has 20 heavy (non-hydrogen) atoms. The molecule has 0 saturated heterocycles. The van der Waals surface area contributed by atoms with E-state index in [0.717, 1.165) is 15.6 Å². The van der Waals surface area contributed by atoms with Crippen LogP contribution in [-0.2, 0) is 11.3 Å². The van der Waals surface area contributed by atoms with Gasteiger partial charge in [0.2, 0.25) is 0 Å². The number of amides is 1. The monoisotopic (exact) mass is 353 g/mol. The van der Waals surface area contributed by atoms with Crippen molar-refractivity contribution >= 4 is 39.3 Å². The smallest absolute Gasteiger partial charge is 0.411 e. The van der Waals surface area contributed by atoms with Crippen LogP contribution in [0.3, 0.4) is 0 Å². The van der Waals surface area contributed by atoms with Crippen LogP contribution in [0.4, 0.5) is 10.5 Å². The van der Waals surface area contributed by atoms with Gasteiger partial charge in [-0.1, -0.05) is 41.9 Å². The lowest BCUT2D eigenvalue weighted by molar-refractivity contribution is 0.155. The minimum Gasteiger partial charge on any atom is -0.444 e. The lowest BCUT2D eigenvalue weighted by Crippen LogP contribution is -2.14. The second kappa shape index (κ2) is 6.77. The summed E-state index contributed by atoms with van der Waals surface area (Å²) in [5, 5.41) is 3.22. The van der Waals surface area contributed by atoms with Crippen LogP contribution < -0.4 is 5.32 Å². The van der Waals surface area contributed by atoms with Gasteiger partial charge in [0.1, 0.15) is 6.61 Å². The minimum atomic E-state index is -0.504. The molecule has 0 aromatic heterocycles. The van der Waals surface area contributed by atoms with Crippen LogP contribution >= 0.6 is 27.5 Å². The molecule has 1 N–H and O–H groups in total. The molecule has 0 atom stereocenters. The molecule has 0 aliphatic carbocycles. The van der Waals surface area contributed by atoms with Crippen molar-refractivity contribution in [2.75, 3.05) is 5.32 Å². The van der Waals surface area contributed by atoms with E-state index in [0.29, 0.717) is 10.7 Å². The molecule has 5 heteroatoms. The van der Waals surface area contributed by atoms with Gasteiger partial charge in [-0.3, -0.25) is 5.32 Å². The fourth-order valence-electron chi connectivity index (χ4n) is 1.65. The van der Waals surface area contributed by atoms with Gasteiger partial charge in [-0.15, -0.1) is 0 Å². The lowest BCUT2D eigenvalue weighted by atomic mass is 10.2. The first-order valence-corrected chi connectivity index (χ1v) is 7.16. The molecule has 104 valence electrons. The van der Waals surface area contributed by atoms with Gasteiger partial charge in [-0.05, 0) is 46.1 Å². The number of aryl methyl sites for hydroxylation is 1. The van der Waals surface area contributed by atoms with Crippen LogP contribution in [-0.4, -0.2) is 6.09 Å². The zero-order chi connectivity index (χ0) is 14.5. The predicted octanol–water partition coefficient (Wildman–Crippen LogP) is 5.16. The van der Waals surface area contributed by atoms with E-state index in [4.69, 9.17) is 16.3 Å². The number of carbonyl (C=O) groups excluding carboxylic acids is 1. The SMILES string of the molecule is Cc1cc(Br)c(Cl)cc1NC(=O)OCc1ccccc1. The molecular weight excluding hydrogens is 342 g/mol. The Balaban J connectivity index is 1.97. The third-order valence-corrected chi connectivity index (χ3v) is 3.91. The highest BCUT2D eigenvalue weighted by Crippen LogP contribution is 2.29. The summed E-state index contributed by atoms with van der Waals surface area (Å²) >= 11 is 9.34. The molecule has 2 aromatic rings. The van der Waals surface area contributed by atoms with E-state index in [1.807, 2.05) is 43.3 Å². The van der Waals surface area contributed by atoms with Crippen molar-refractivity contribution in [3.8, 4) is 0 Å². The van der Waals surface area contributed by atoms with Crippen molar-refractivity contribution in [1.82, 2.24) is 0 Å². The Morgan fingerprint density at radius 2 is 2.00 bits per heavy atom. The molecule has 0 aliphatic rings. The lowest BCUT2D eigenvalue weighted by Gasteiger charge is -2.10. The van der Waals surface area contributed by atoms with Crippen molar-refractivity contribution in [3.63, 3.8) is 0 Å². The Kier molecular flexibility index (Phi) is 5.04. The molecule has 0 spiro atoms. The summed E-state index contributed by atoms with van der Waals surface area (Å²) in [5.41, 5.74) is 2.47. The maximum atomic E-state index is 11.7. The maximum Gasteiger partial charge on any atom is 0.411 e. The molecule has 0 radical (unpaired) electrons. The van der Waals surface area contributed by atoms with E-state index < -0.39 is 6.09 Å². The fourth-order valence-corrected chi connectivity index (χ4v) is 2.27. The highest BCUT2D eigenvalue weighted by atomic mass is 79.9. The van der Waals surface area contributed by atoms with E-state index in [1.165, 1.54) is 0 Å². The largest absolute Gasteiger partial charge is 0.444 e. The Morgan fingerprint density at radius 3 is 2.70 bits per heavy atom. The number of ether oxygens (including phenoxy) is 1. The second-order valence-electron chi connectivity index (χ2n) is 4.27. The summed E-state index contributed by atoms with van der Waals surface area (Å²) in [5.74, 6) is 0. The Hall–Kier alpha value is -1.52. The van der Waals surface area contributed by atoms with E-state index in [1.54, 1.807) is 6.07 Å². The van der Waals surface area contributed by atoms with Gasteiger partial charge >= 0.3 is 6.09 Å². The normalized spacial score (nSPS) is 10.2. The van der Waals surface area contributed by atoms with Gasteiger partial charge in [0.25, 0.3) is 0 Å². The zero-order valence-electron chi connectivity index (χ0n) is 10.8. The van der Waals surface area contributed by atoms with Crippen molar-refractivity contribution in [1.29, 1.82) is 0 Å². The summed E-state index contributed by atoms with van der Waals surface area (Å²) < 4.78 is 5.94. The summed E-state index contributed by atoms with van der Waals surface area (Å²) in [7, 11) is 0. The molecule has 0 bridgehead atoms. The number of halogens is 2. The van der Waals surface area contributed by atoms with Crippen LogP contribution in [0.15, 0.2) is 46.9 Å². The average Bonchev–Trinajstić information content (AvgIpc) is 2.44. The van der Waals surface area contributed by atoms with Crippen molar-refractivity contribution in [3.05, 3.63) is 63.1 Å². The van der Waals surface area contributed by atoms with Crippen molar-refractivity contribution in [2.24, 2.45) is 0 Å². The molecule has 0 fully saturated rings. The van der Waals surface area contributed by atoms with Gasteiger partial charge in [0.15, 0.2) is 0 Å². The molecule has 2 rings (SSSR count). The number of benzene rings is 2. The van der Waals surface area contributed by atoms with Gasteiger partial charge < -0.3 is 4.74 Å². The molecule has 3 nitrogen and oxygen atoms in total. The number of nitrogens with one attached hydrogen (secondary N) is 1. The van der Waals surface area contributed by atoms with E-state index in [9.17, 15) is 4.79 Å². The zero-order valence-corrected chi connectivity index (χ0v) is 13.2. The first-order chi connectivity index (χ1) is 9.56. The molecule has 0 unspecified atom stereocenters. The maximum absolute atomic E-state index is 11.7. The van der Waals surface area contributed by atoms with E-state index in [-0.39, 0.29) is 6.61 Å². The number of hydrogen-bond donors (Lipinski definition) is 1. The number of hydrogen-bond acceptors (Lipinski definition) is 2. The quantitative estimate of drug-likeness (QED) is 0.827. The molecule has 2 aromatic carbocycles. The molecule has 0 aliphatic heterocycles. The van der Waals surface area contributed by atoms with Crippen molar-refractivity contribution in [2.45, 2.75) is 13.5 Å². The number of anilines is 1. The fraction of sp³-hybridized carbons (Fsp3) is 0.133. The van der Waals surface area contributed by atoms with E-state index >= 15 is 0 Å². The summed E-state index contributed by atoms with van der Waals surface area (Å²) in [6.07, 6.45) is -0.504. The molecule has 0 heterocycles. The number of carbonyl (C=O) groups is 1. The van der Waals surface area contributed by atoms with Crippen LogP contribution in [0.1, 0.15) is 11.1 Å². The molecular formula is C15H13BrClNO2. The van der Waals surface area contributed by atoms with Gasteiger partial charge in [-0.2, -0.15) is 0 Å². The van der Waals surface area contributed by atoms with Crippen LogP contribution in [0.25, 0.3) is 0 Å². The Bertz CT molecular complexity index is 617. The number of rotatable bonds is 3. The van der Waals surface area contributed by atoms with Gasteiger partial charge in [-0.25, -0.2) is 4.79 Å². The van der Waals surface area contributed by atoms with Gasteiger partial charge in [0.05, 0.1) is 5.02 Å². The highest BCUT2D eigenvalue weighted by Gasteiger charge is 2.08. The summed E-state index contributed by atoms with van der Waals surface area (Å²) in [6.45, 7) is 2.11. The third-order valence-electron chi connectivity index (χ3n) is 2.72. The molecule has 0 saturated carbocycles. The average molecular weight is 355 g/mol. The summed E-state index contributed by atoms with van der Waals surface area (Å²) in [4.78, 5) is 11.7. The predicted molar refractivity (Wildman–Crippen MR) is 84.1 cm³/mol.